The molecule has 8 nitrogen and oxygen atoms in total. The molecule has 0 spiro atoms. The van der Waals surface area contributed by atoms with Gasteiger partial charge in [-0.3, -0.25) is 14.6 Å². The molecule has 1 aromatic heterocycles. The molecular weight excluding hydrogens is 484 g/mol. The van der Waals surface area contributed by atoms with Crippen molar-refractivity contribution < 1.29 is 33.0 Å². The topological polar surface area (TPSA) is 101 Å². The number of halogens is 2. The largest absolute Gasteiger partial charge is 0.489 e. The number of aromatic nitrogens is 1. The maximum atomic E-state index is 13.4. The molecule has 2 fully saturated rings. The van der Waals surface area contributed by atoms with Crippen LogP contribution in [-0.2, 0) is 16.1 Å². The van der Waals surface area contributed by atoms with Gasteiger partial charge in [0.05, 0.1) is 24.9 Å². The quantitative estimate of drug-likeness (QED) is 0.495. The monoisotopic (exact) mass is 517 g/mol. The van der Waals surface area contributed by atoms with E-state index in [-0.39, 0.29) is 35.8 Å². The number of benzene rings is 1. The summed E-state index contributed by atoms with van der Waals surface area (Å²) < 4.78 is 36.3. The number of alkyl halides is 2. The lowest BCUT2D eigenvalue weighted by atomic mass is 9.89. The fraction of sp³-hybridized carbons (Fsp3) is 0.519. The zero-order chi connectivity index (χ0) is 26.7. The Morgan fingerprint density at radius 2 is 2.00 bits per heavy atom. The molecule has 2 N–H and O–H groups in total. The summed E-state index contributed by atoms with van der Waals surface area (Å²) in [6.45, 7) is 2.69. The lowest BCUT2D eigenvalue weighted by molar-refractivity contribution is -0.142. The van der Waals surface area contributed by atoms with Crippen LogP contribution in [0.1, 0.15) is 68.9 Å². The molecular formula is C27H33F2N3O5. The van der Waals surface area contributed by atoms with Crippen molar-refractivity contribution in [3.8, 4) is 11.5 Å². The molecule has 1 aliphatic heterocycles. The summed E-state index contributed by atoms with van der Waals surface area (Å²) >= 11 is 0. The summed E-state index contributed by atoms with van der Waals surface area (Å²) in [5, 5.41) is 12.7. The van der Waals surface area contributed by atoms with Crippen molar-refractivity contribution in [2.45, 2.75) is 70.8 Å². The second-order valence-electron chi connectivity index (χ2n) is 10.1. The van der Waals surface area contributed by atoms with Gasteiger partial charge in [-0.15, -0.1) is 0 Å². The maximum Gasteiger partial charge on any atom is 0.387 e. The summed E-state index contributed by atoms with van der Waals surface area (Å²) in [7, 11) is 0. The minimum atomic E-state index is -2.98. The minimum Gasteiger partial charge on any atom is -0.489 e. The van der Waals surface area contributed by atoms with Gasteiger partial charge in [0.15, 0.2) is 11.5 Å². The first-order chi connectivity index (χ1) is 17.6. The van der Waals surface area contributed by atoms with Gasteiger partial charge >= 0.3 is 6.61 Å². The van der Waals surface area contributed by atoms with Crippen LogP contribution in [0.4, 0.5) is 8.78 Å². The number of nitrogens with one attached hydrogen (secondary N) is 1. The second kappa shape index (κ2) is 11.0. The number of aliphatic hydroxyl groups is 1. The van der Waals surface area contributed by atoms with E-state index in [0.717, 1.165) is 18.4 Å². The van der Waals surface area contributed by atoms with Crippen LogP contribution in [0.5, 0.6) is 11.5 Å². The summed E-state index contributed by atoms with van der Waals surface area (Å²) in [6, 6.07) is 8.24. The summed E-state index contributed by atoms with van der Waals surface area (Å²) in [5.74, 6) is -0.144. The zero-order valence-corrected chi connectivity index (χ0v) is 21.2. The minimum absolute atomic E-state index is 0.0340. The van der Waals surface area contributed by atoms with E-state index < -0.39 is 18.3 Å². The Balaban J connectivity index is 1.51. The van der Waals surface area contributed by atoms with E-state index in [9.17, 15) is 23.5 Å². The lowest BCUT2D eigenvalue weighted by Crippen LogP contribution is -2.54. The van der Waals surface area contributed by atoms with Crippen molar-refractivity contribution in [2.24, 2.45) is 5.92 Å². The van der Waals surface area contributed by atoms with Crippen LogP contribution >= 0.6 is 0 Å². The van der Waals surface area contributed by atoms with E-state index in [4.69, 9.17) is 4.74 Å². The number of nitrogens with zero attached hydrogens (tertiary/aromatic N) is 2. The average molecular weight is 518 g/mol. The highest BCUT2D eigenvalue weighted by Gasteiger charge is 2.49. The smallest absolute Gasteiger partial charge is 0.387 e. The van der Waals surface area contributed by atoms with Crippen LogP contribution in [0.3, 0.4) is 0 Å². The summed E-state index contributed by atoms with van der Waals surface area (Å²) in [6.07, 6.45) is 3.36. The molecule has 2 heterocycles. The van der Waals surface area contributed by atoms with Crippen LogP contribution in [0.2, 0.25) is 0 Å². The van der Waals surface area contributed by atoms with Gasteiger partial charge in [0, 0.05) is 25.6 Å². The van der Waals surface area contributed by atoms with E-state index in [1.807, 2.05) is 0 Å². The number of ether oxygens (including phenoxy) is 2. The molecule has 2 aromatic rings. The predicted molar refractivity (Wildman–Crippen MR) is 131 cm³/mol. The van der Waals surface area contributed by atoms with E-state index in [0.29, 0.717) is 36.7 Å². The van der Waals surface area contributed by atoms with Crippen molar-refractivity contribution in [2.75, 3.05) is 13.2 Å². The Kier molecular flexibility index (Phi) is 7.96. The number of hydrogen-bond donors (Lipinski definition) is 2. The number of hydrogen-bond acceptors (Lipinski definition) is 6. The molecule has 10 heteroatoms. The van der Waals surface area contributed by atoms with Crippen molar-refractivity contribution in [1.29, 1.82) is 0 Å². The fourth-order valence-corrected chi connectivity index (χ4v) is 4.78. The molecule has 1 aromatic carbocycles. The van der Waals surface area contributed by atoms with Crippen molar-refractivity contribution in [3.63, 3.8) is 0 Å². The van der Waals surface area contributed by atoms with Crippen LogP contribution in [0.15, 0.2) is 36.5 Å². The van der Waals surface area contributed by atoms with Gasteiger partial charge in [0.1, 0.15) is 5.54 Å². The summed E-state index contributed by atoms with van der Waals surface area (Å²) in [5.41, 5.74) is 0.939. The molecule has 0 radical (unpaired) electrons. The molecule has 2 amide bonds. The highest BCUT2D eigenvalue weighted by Crippen LogP contribution is 2.42. The molecule has 2 unspecified atom stereocenters. The number of likely N-dealkylation sites (tertiary alicyclic amines) is 1. The zero-order valence-electron chi connectivity index (χ0n) is 21.2. The third-order valence-corrected chi connectivity index (χ3v) is 7.09. The highest BCUT2D eigenvalue weighted by atomic mass is 19.3. The molecule has 0 bridgehead atoms. The first-order valence-electron chi connectivity index (χ1n) is 12.5. The highest BCUT2D eigenvalue weighted by molar-refractivity contribution is 5.91. The molecule has 1 saturated heterocycles. The first-order valence-corrected chi connectivity index (χ1v) is 12.5. The SMILES string of the molecule is CC(=O)N1CC(c2ccc(OC(F)F)c(OCC3CC3)c2)C[C@@]1(C)C(=O)NCc1cc(C(C)O)ccn1. The van der Waals surface area contributed by atoms with Crippen molar-refractivity contribution >= 4 is 11.8 Å². The van der Waals surface area contributed by atoms with Crippen LogP contribution in [-0.4, -0.2) is 52.1 Å². The maximum absolute atomic E-state index is 13.4. The number of amides is 2. The number of rotatable bonds is 10. The van der Waals surface area contributed by atoms with Gasteiger partial charge < -0.3 is 24.8 Å². The molecule has 4 rings (SSSR count). The van der Waals surface area contributed by atoms with Crippen molar-refractivity contribution in [3.05, 3.63) is 53.3 Å². The molecule has 2 aliphatic rings. The predicted octanol–water partition coefficient (Wildman–Crippen LogP) is 3.94. The van der Waals surface area contributed by atoms with E-state index in [2.05, 4.69) is 15.0 Å². The first kappa shape index (κ1) is 26.8. The number of aliphatic hydroxyl groups excluding tert-OH is 1. The van der Waals surface area contributed by atoms with Gasteiger partial charge in [0.25, 0.3) is 0 Å². The van der Waals surface area contributed by atoms with Gasteiger partial charge in [-0.25, -0.2) is 0 Å². The van der Waals surface area contributed by atoms with E-state index >= 15 is 0 Å². The summed E-state index contributed by atoms with van der Waals surface area (Å²) in [4.78, 5) is 31.7. The third kappa shape index (κ3) is 6.36. The molecule has 200 valence electrons. The Labute approximate surface area is 215 Å². The molecule has 1 saturated carbocycles. The number of carbonyl (C=O) groups excluding carboxylic acids is 2. The van der Waals surface area contributed by atoms with E-state index in [1.54, 1.807) is 49.2 Å². The normalized spacial score (nSPS) is 22.1. The number of carbonyl (C=O) groups is 2. The molecule has 3 atom stereocenters. The van der Waals surface area contributed by atoms with Gasteiger partial charge in [-0.2, -0.15) is 8.78 Å². The van der Waals surface area contributed by atoms with Crippen molar-refractivity contribution in [1.82, 2.24) is 15.2 Å². The third-order valence-electron chi connectivity index (χ3n) is 7.09. The average Bonchev–Trinajstić information content (AvgIpc) is 3.61. The number of pyridine rings is 1. The second-order valence-corrected chi connectivity index (χ2v) is 10.1. The lowest BCUT2D eigenvalue weighted by Gasteiger charge is -2.33. The Morgan fingerprint density at radius 1 is 1.24 bits per heavy atom. The standard InChI is InChI=1S/C27H33F2N3O5/c1-16(33)19-8-9-30-22(10-19)13-31-25(35)27(3)12-21(14-32(27)17(2)34)20-6-7-23(37-26(28)29)24(11-20)36-15-18-4-5-18/h6-11,16,18,21,26,33H,4-5,12-15H2,1-3H3,(H,31,35)/t16?,21?,27-/m0/s1. The Bertz CT molecular complexity index is 1140. The molecule has 37 heavy (non-hydrogen) atoms. The van der Waals surface area contributed by atoms with Crippen LogP contribution in [0.25, 0.3) is 0 Å². The van der Waals surface area contributed by atoms with Crippen LogP contribution < -0.4 is 14.8 Å². The van der Waals surface area contributed by atoms with Gasteiger partial charge in [0.2, 0.25) is 11.8 Å². The Hall–Kier alpha value is -3.27. The Morgan fingerprint density at radius 3 is 2.65 bits per heavy atom. The molecule has 1 aliphatic carbocycles. The van der Waals surface area contributed by atoms with Gasteiger partial charge in [-0.1, -0.05) is 6.07 Å². The van der Waals surface area contributed by atoms with E-state index in [1.165, 1.54) is 13.0 Å². The van der Waals surface area contributed by atoms with Gasteiger partial charge in [-0.05, 0) is 74.4 Å². The fourth-order valence-electron chi connectivity index (χ4n) is 4.78. The van der Waals surface area contributed by atoms with Crippen LogP contribution in [0, 0.1) is 5.92 Å².